The first-order valence-corrected chi connectivity index (χ1v) is 9.85. The van der Waals surface area contributed by atoms with Crippen molar-refractivity contribution in [3.8, 4) is 22.7 Å². The number of para-hydroxylation sites is 2. The van der Waals surface area contributed by atoms with E-state index in [4.69, 9.17) is 9.84 Å². The smallest absolute Gasteiger partial charge is 0.257 e. The minimum absolute atomic E-state index is 0.188. The molecule has 0 saturated carbocycles. The van der Waals surface area contributed by atoms with E-state index >= 15 is 0 Å². The van der Waals surface area contributed by atoms with Gasteiger partial charge < -0.3 is 9.64 Å². The first-order chi connectivity index (χ1) is 15.1. The van der Waals surface area contributed by atoms with E-state index < -0.39 is 0 Å². The fourth-order valence-corrected chi connectivity index (χ4v) is 3.42. The number of ether oxygens (including phenoxy) is 1. The Labute approximate surface area is 180 Å². The number of hydrogen-bond acceptors (Lipinski definition) is 3. The van der Waals surface area contributed by atoms with E-state index in [-0.39, 0.29) is 11.7 Å². The molecule has 0 bridgehead atoms. The van der Waals surface area contributed by atoms with Gasteiger partial charge in [-0.25, -0.2) is 9.07 Å². The molecule has 1 amide bonds. The lowest BCUT2D eigenvalue weighted by atomic mass is 10.1. The Morgan fingerprint density at radius 1 is 1.00 bits per heavy atom. The summed E-state index contributed by atoms with van der Waals surface area (Å²) in [5, 5.41) is 4.72. The van der Waals surface area contributed by atoms with Crippen LogP contribution in [0.15, 0.2) is 85.1 Å². The number of aromatic nitrogens is 2. The average molecular weight is 415 g/mol. The maximum absolute atomic E-state index is 13.4. The van der Waals surface area contributed by atoms with Gasteiger partial charge >= 0.3 is 0 Å². The van der Waals surface area contributed by atoms with Crippen molar-refractivity contribution in [3.63, 3.8) is 0 Å². The van der Waals surface area contributed by atoms with Crippen molar-refractivity contribution in [1.29, 1.82) is 0 Å². The SMILES string of the molecule is COc1ccccc1-c1nn(-c2ccccc2)cc1C(=O)N(C)Cc1ccc(F)cc1. The molecule has 31 heavy (non-hydrogen) atoms. The number of benzene rings is 3. The van der Waals surface area contributed by atoms with Gasteiger partial charge in [0.25, 0.3) is 5.91 Å². The van der Waals surface area contributed by atoms with Crippen LogP contribution >= 0.6 is 0 Å². The van der Waals surface area contributed by atoms with Crippen LogP contribution < -0.4 is 4.74 Å². The molecule has 0 spiro atoms. The number of carbonyl (C=O) groups is 1. The van der Waals surface area contributed by atoms with Crippen LogP contribution in [0, 0.1) is 5.82 Å². The van der Waals surface area contributed by atoms with Crippen molar-refractivity contribution in [1.82, 2.24) is 14.7 Å². The summed E-state index contributed by atoms with van der Waals surface area (Å²) >= 11 is 0. The quantitative estimate of drug-likeness (QED) is 0.447. The molecule has 0 N–H and O–H groups in total. The lowest BCUT2D eigenvalue weighted by Crippen LogP contribution is -2.26. The van der Waals surface area contributed by atoms with E-state index in [1.807, 2.05) is 54.6 Å². The number of amides is 1. The Morgan fingerprint density at radius 2 is 1.68 bits per heavy atom. The topological polar surface area (TPSA) is 47.4 Å². The number of rotatable bonds is 6. The van der Waals surface area contributed by atoms with Crippen LogP contribution in [0.2, 0.25) is 0 Å². The molecule has 0 unspecified atom stereocenters. The van der Waals surface area contributed by atoms with Gasteiger partial charge in [0.05, 0.1) is 18.4 Å². The fourth-order valence-electron chi connectivity index (χ4n) is 3.42. The number of halogens is 1. The molecule has 0 saturated heterocycles. The van der Waals surface area contributed by atoms with Gasteiger partial charge in [0.2, 0.25) is 0 Å². The highest BCUT2D eigenvalue weighted by atomic mass is 19.1. The van der Waals surface area contributed by atoms with Crippen molar-refractivity contribution in [3.05, 3.63) is 102 Å². The van der Waals surface area contributed by atoms with Crippen molar-refractivity contribution >= 4 is 5.91 Å². The van der Waals surface area contributed by atoms with Crippen LogP contribution in [-0.2, 0) is 6.54 Å². The first-order valence-electron chi connectivity index (χ1n) is 9.85. The third kappa shape index (κ3) is 4.33. The van der Waals surface area contributed by atoms with Crippen LogP contribution in [0.25, 0.3) is 16.9 Å². The summed E-state index contributed by atoms with van der Waals surface area (Å²) in [6, 6.07) is 23.2. The Hall–Kier alpha value is -3.93. The minimum Gasteiger partial charge on any atom is -0.496 e. The maximum atomic E-state index is 13.4. The Kier molecular flexibility index (Phi) is 5.80. The third-order valence-electron chi connectivity index (χ3n) is 5.01. The van der Waals surface area contributed by atoms with Crippen LogP contribution in [0.3, 0.4) is 0 Å². The van der Waals surface area contributed by atoms with E-state index in [0.29, 0.717) is 23.6 Å². The molecule has 0 aliphatic carbocycles. The second-order valence-electron chi connectivity index (χ2n) is 7.16. The van der Waals surface area contributed by atoms with E-state index in [2.05, 4.69) is 0 Å². The van der Waals surface area contributed by atoms with Crippen LogP contribution in [-0.4, -0.2) is 34.7 Å². The summed E-state index contributed by atoms with van der Waals surface area (Å²) in [4.78, 5) is 15.0. The van der Waals surface area contributed by atoms with Crippen molar-refractivity contribution < 1.29 is 13.9 Å². The summed E-state index contributed by atoms with van der Waals surface area (Å²) < 4.78 is 20.4. The van der Waals surface area contributed by atoms with E-state index in [9.17, 15) is 9.18 Å². The van der Waals surface area contributed by atoms with E-state index in [1.165, 1.54) is 12.1 Å². The van der Waals surface area contributed by atoms with Gasteiger partial charge in [-0.2, -0.15) is 5.10 Å². The fraction of sp³-hybridized carbons (Fsp3) is 0.120. The van der Waals surface area contributed by atoms with Crippen LogP contribution in [0.4, 0.5) is 4.39 Å². The zero-order chi connectivity index (χ0) is 21.8. The van der Waals surface area contributed by atoms with Gasteiger partial charge in [0.15, 0.2) is 0 Å². The number of carbonyl (C=O) groups excluding carboxylic acids is 1. The standard InChI is InChI=1S/C25H22FN3O2/c1-28(16-18-12-14-19(26)15-13-18)25(30)22-17-29(20-8-4-3-5-9-20)27-24(22)21-10-6-7-11-23(21)31-2/h3-15,17H,16H2,1-2H3. The lowest BCUT2D eigenvalue weighted by Gasteiger charge is -2.17. The Balaban J connectivity index is 1.75. The van der Waals surface area contributed by atoms with Crippen molar-refractivity contribution in [2.24, 2.45) is 0 Å². The van der Waals surface area contributed by atoms with Gasteiger partial charge in [-0.15, -0.1) is 0 Å². The summed E-state index contributed by atoms with van der Waals surface area (Å²) in [6.07, 6.45) is 1.74. The predicted molar refractivity (Wildman–Crippen MR) is 118 cm³/mol. The van der Waals surface area contributed by atoms with Crippen molar-refractivity contribution in [2.75, 3.05) is 14.2 Å². The summed E-state index contributed by atoms with van der Waals surface area (Å²) in [5.41, 5.74) is 3.42. The molecule has 3 aromatic carbocycles. The second kappa shape index (κ2) is 8.83. The molecule has 0 radical (unpaired) electrons. The van der Waals surface area contributed by atoms with Gasteiger partial charge in [-0.1, -0.05) is 42.5 Å². The molecule has 4 aromatic rings. The molecule has 4 rings (SSSR count). The third-order valence-corrected chi connectivity index (χ3v) is 5.01. The number of hydrogen-bond donors (Lipinski definition) is 0. The Morgan fingerprint density at radius 3 is 2.39 bits per heavy atom. The van der Waals surface area contributed by atoms with Crippen molar-refractivity contribution in [2.45, 2.75) is 6.54 Å². The van der Waals surface area contributed by atoms with Gasteiger partial charge in [0, 0.05) is 25.4 Å². The highest BCUT2D eigenvalue weighted by molar-refractivity contribution is 6.00. The molecule has 0 fully saturated rings. The predicted octanol–water partition coefficient (Wildman–Crippen LogP) is 4.96. The molecule has 0 atom stereocenters. The number of methoxy groups -OCH3 is 1. The first kappa shape index (κ1) is 20.3. The molecule has 1 heterocycles. The minimum atomic E-state index is -0.305. The maximum Gasteiger partial charge on any atom is 0.257 e. The summed E-state index contributed by atoms with van der Waals surface area (Å²) in [7, 11) is 3.31. The molecule has 5 nitrogen and oxygen atoms in total. The molecule has 6 heteroatoms. The highest BCUT2D eigenvalue weighted by Crippen LogP contribution is 2.32. The molecule has 0 aliphatic rings. The van der Waals surface area contributed by atoms with Crippen LogP contribution in [0.5, 0.6) is 5.75 Å². The monoisotopic (exact) mass is 415 g/mol. The van der Waals surface area contributed by atoms with Crippen LogP contribution in [0.1, 0.15) is 15.9 Å². The molecular weight excluding hydrogens is 393 g/mol. The highest BCUT2D eigenvalue weighted by Gasteiger charge is 2.23. The average Bonchev–Trinajstić information content (AvgIpc) is 3.26. The van der Waals surface area contributed by atoms with Gasteiger partial charge in [-0.05, 0) is 42.0 Å². The molecule has 1 aromatic heterocycles. The molecule has 156 valence electrons. The largest absolute Gasteiger partial charge is 0.496 e. The lowest BCUT2D eigenvalue weighted by molar-refractivity contribution is 0.0786. The van der Waals surface area contributed by atoms with E-state index in [0.717, 1.165) is 16.8 Å². The molecule has 0 aliphatic heterocycles. The number of nitrogens with zero attached hydrogens (tertiary/aromatic N) is 3. The Bertz CT molecular complexity index is 1190. The second-order valence-corrected chi connectivity index (χ2v) is 7.16. The van der Waals surface area contributed by atoms with Gasteiger partial charge in [0.1, 0.15) is 17.3 Å². The summed E-state index contributed by atoms with van der Waals surface area (Å²) in [5.74, 6) is 0.142. The molecular formula is C25H22FN3O2. The van der Waals surface area contributed by atoms with Gasteiger partial charge in [-0.3, -0.25) is 4.79 Å². The zero-order valence-electron chi connectivity index (χ0n) is 17.3. The summed E-state index contributed by atoms with van der Waals surface area (Å²) in [6.45, 7) is 0.348. The van der Waals surface area contributed by atoms with E-state index in [1.54, 1.807) is 42.1 Å². The normalized spacial score (nSPS) is 10.7. The zero-order valence-corrected chi connectivity index (χ0v) is 17.3.